The molecule has 0 aromatic rings. The second-order valence-electron chi connectivity index (χ2n) is 9.05. The number of carbonyl (C=O) groups excluding carboxylic acids is 2. The molecule has 0 aromatic heterocycles. The van der Waals surface area contributed by atoms with Gasteiger partial charge in [0.1, 0.15) is 11.9 Å². The molecular formula is C21H30O4. The van der Waals surface area contributed by atoms with E-state index in [4.69, 9.17) is 4.74 Å². The lowest BCUT2D eigenvalue weighted by Crippen LogP contribution is -2.53. The Morgan fingerprint density at radius 2 is 2.08 bits per heavy atom. The molecule has 0 spiro atoms. The Balaban J connectivity index is 1.63. The van der Waals surface area contributed by atoms with E-state index in [1.54, 1.807) is 0 Å². The smallest absolute Gasteiger partial charge is 0.302 e. The summed E-state index contributed by atoms with van der Waals surface area (Å²) in [5.74, 6) is 1.72. The van der Waals surface area contributed by atoms with Crippen LogP contribution in [0.5, 0.6) is 0 Å². The lowest BCUT2D eigenvalue weighted by Gasteiger charge is -2.57. The summed E-state index contributed by atoms with van der Waals surface area (Å²) in [5, 5.41) is 10.4. The Kier molecular flexibility index (Phi) is 4.10. The maximum absolute atomic E-state index is 12.5. The average Bonchev–Trinajstić information content (AvgIpc) is 2.89. The molecule has 4 aliphatic carbocycles. The van der Waals surface area contributed by atoms with Crippen LogP contribution in [0.3, 0.4) is 0 Å². The van der Waals surface area contributed by atoms with Crippen LogP contribution in [0.25, 0.3) is 0 Å². The Morgan fingerprint density at radius 1 is 1.28 bits per heavy atom. The molecule has 0 aliphatic heterocycles. The summed E-state index contributed by atoms with van der Waals surface area (Å²) in [6.07, 6.45) is 9.57. The maximum Gasteiger partial charge on any atom is 0.302 e. The molecule has 138 valence electrons. The zero-order chi connectivity index (χ0) is 17.8. The summed E-state index contributed by atoms with van der Waals surface area (Å²) < 4.78 is 5.46. The molecule has 0 bridgehead atoms. The quantitative estimate of drug-likeness (QED) is 0.615. The van der Waals surface area contributed by atoms with E-state index in [-0.39, 0.29) is 29.5 Å². The standard InChI is InChI=1S/C21H30O4/c1-13(23)25-15-7-10-21(12-22)14(11-15)3-4-16-17-5-6-19(24)20(17,2)9-8-18(16)21/h3,15-18,22H,4-12H2,1-2H3/t15-,16?,17?,18?,20-,21+/m0/s1. The fourth-order valence-electron chi connectivity index (χ4n) is 6.82. The Labute approximate surface area is 150 Å². The Bertz CT molecular complexity index is 623. The number of allylic oxidation sites excluding steroid dienone is 1. The molecule has 4 heteroatoms. The topological polar surface area (TPSA) is 63.6 Å². The molecule has 3 fully saturated rings. The van der Waals surface area contributed by atoms with Gasteiger partial charge in [0.05, 0.1) is 6.61 Å². The lowest BCUT2D eigenvalue weighted by molar-refractivity contribution is -0.149. The summed E-state index contributed by atoms with van der Waals surface area (Å²) in [5.41, 5.74) is 1.03. The molecule has 3 unspecified atom stereocenters. The van der Waals surface area contributed by atoms with Gasteiger partial charge in [-0.15, -0.1) is 0 Å². The first-order valence-electron chi connectivity index (χ1n) is 9.91. The third-order valence-corrected chi connectivity index (χ3v) is 8.11. The van der Waals surface area contributed by atoms with Crippen molar-refractivity contribution in [2.75, 3.05) is 6.61 Å². The number of ether oxygens (including phenoxy) is 1. The van der Waals surface area contributed by atoms with Crippen LogP contribution in [0.4, 0.5) is 0 Å². The molecule has 4 rings (SSSR count). The van der Waals surface area contributed by atoms with E-state index in [2.05, 4.69) is 13.0 Å². The molecular weight excluding hydrogens is 316 g/mol. The van der Waals surface area contributed by atoms with Crippen molar-refractivity contribution >= 4 is 11.8 Å². The van der Waals surface area contributed by atoms with E-state index in [1.165, 1.54) is 12.5 Å². The number of rotatable bonds is 2. The number of Topliss-reactive ketones (excluding diaryl/α,β-unsaturated/α-hetero) is 1. The van der Waals surface area contributed by atoms with Crippen molar-refractivity contribution in [3.8, 4) is 0 Å². The van der Waals surface area contributed by atoms with Gasteiger partial charge in [0.25, 0.3) is 0 Å². The highest BCUT2D eigenvalue weighted by Crippen LogP contribution is 2.64. The molecule has 1 N–H and O–H groups in total. The second-order valence-corrected chi connectivity index (χ2v) is 9.05. The zero-order valence-electron chi connectivity index (χ0n) is 15.4. The van der Waals surface area contributed by atoms with Crippen molar-refractivity contribution in [2.45, 2.75) is 71.3 Å². The molecule has 0 heterocycles. The van der Waals surface area contributed by atoms with Gasteiger partial charge in [0.2, 0.25) is 0 Å². The molecule has 3 saturated carbocycles. The molecule has 0 saturated heterocycles. The molecule has 0 amide bonds. The van der Waals surface area contributed by atoms with Gasteiger partial charge in [0.15, 0.2) is 0 Å². The second kappa shape index (κ2) is 5.94. The molecule has 4 nitrogen and oxygen atoms in total. The fourth-order valence-corrected chi connectivity index (χ4v) is 6.82. The minimum Gasteiger partial charge on any atom is -0.462 e. The van der Waals surface area contributed by atoms with E-state index < -0.39 is 0 Å². The number of fused-ring (bicyclic) bond motifs is 5. The van der Waals surface area contributed by atoms with Gasteiger partial charge in [-0.1, -0.05) is 18.6 Å². The zero-order valence-corrected chi connectivity index (χ0v) is 15.4. The summed E-state index contributed by atoms with van der Waals surface area (Å²) in [4.78, 5) is 23.8. The van der Waals surface area contributed by atoms with E-state index in [9.17, 15) is 14.7 Å². The lowest BCUT2D eigenvalue weighted by atomic mass is 9.47. The van der Waals surface area contributed by atoms with Crippen molar-refractivity contribution in [2.24, 2.45) is 28.6 Å². The van der Waals surface area contributed by atoms with Gasteiger partial charge < -0.3 is 9.84 Å². The minimum absolute atomic E-state index is 0.0399. The number of hydrogen-bond donors (Lipinski definition) is 1. The minimum atomic E-state index is -0.214. The summed E-state index contributed by atoms with van der Waals surface area (Å²) in [6, 6.07) is 0. The monoisotopic (exact) mass is 346 g/mol. The maximum atomic E-state index is 12.5. The van der Waals surface area contributed by atoms with Crippen LogP contribution in [0.1, 0.15) is 65.2 Å². The predicted octanol–water partition coefficient (Wildman–Crippen LogP) is 3.42. The third-order valence-electron chi connectivity index (χ3n) is 8.11. The van der Waals surface area contributed by atoms with Crippen molar-refractivity contribution in [1.82, 2.24) is 0 Å². The number of ketones is 1. The van der Waals surface area contributed by atoms with Crippen LogP contribution in [-0.2, 0) is 14.3 Å². The van der Waals surface area contributed by atoms with Crippen LogP contribution in [-0.4, -0.2) is 29.6 Å². The van der Waals surface area contributed by atoms with Gasteiger partial charge in [-0.3, -0.25) is 9.59 Å². The van der Waals surface area contributed by atoms with Crippen molar-refractivity contribution in [3.63, 3.8) is 0 Å². The highest BCUT2D eigenvalue weighted by atomic mass is 16.5. The molecule has 6 atom stereocenters. The normalized spacial score (nSPS) is 45.9. The van der Waals surface area contributed by atoms with Crippen molar-refractivity contribution in [1.29, 1.82) is 0 Å². The van der Waals surface area contributed by atoms with E-state index in [0.717, 1.165) is 51.4 Å². The molecule has 4 aliphatic rings. The van der Waals surface area contributed by atoms with Crippen LogP contribution in [0.15, 0.2) is 11.6 Å². The van der Waals surface area contributed by atoms with Gasteiger partial charge in [0, 0.05) is 30.6 Å². The van der Waals surface area contributed by atoms with E-state index in [0.29, 0.717) is 23.5 Å². The van der Waals surface area contributed by atoms with E-state index in [1.807, 2.05) is 0 Å². The Hall–Kier alpha value is -1.16. The van der Waals surface area contributed by atoms with Crippen LogP contribution < -0.4 is 0 Å². The fraction of sp³-hybridized carbons (Fsp3) is 0.810. The summed E-state index contributed by atoms with van der Waals surface area (Å²) >= 11 is 0. The number of aliphatic hydroxyl groups excluding tert-OH is 1. The van der Waals surface area contributed by atoms with Crippen LogP contribution >= 0.6 is 0 Å². The first kappa shape index (κ1) is 17.3. The predicted molar refractivity (Wildman–Crippen MR) is 93.7 cm³/mol. The highest BCUT2D eigenvalue weighted by molar-refractivity contribution is 5.87. The average molecular weight is 346 g/mol. The highest BCUT2D eigenvalue weighted by Gasteiger charge is 2.59. The SMILES string of the molecule is CC(=O)O[C@H]1CC[C@@]2(CO)C(=CCC3C2CC[C@]2(C)C(=O)CCC32)C1. The molecule has 0 aromatic carbocycles. The van der Waals surface area contributed by atoms with E-state index >= 15 is 0 Å². The van der Waals surface area contributed by atoms with Gasteiger partial charge >= 0.3 is 5.97 Å². The van der Waals surface area contributed by atoms with Gasteiger partial charge in [-0.2, -0.15) is 0 Å². The number of hydrogen-bond acceptors (Lipinski definition) is 4. The molecule has 0 radical (unpaired) electrons. The summed E-state index contributed by atoms with van der Waals surface area (Å²) in [7, 11) is 0. The Morgan fingerprint density at radius 3 is 2.80 bits per heavy atom. The largest absolute Gasteiger partial charge is 0.462 e. The van der Waals surface area contributed by atoms with Crippen molar-refractivity contribution in [3.05, 3.63) is 11.6 Å². The van der Waals surface area contributed by atoms with Gasteiger partial charge in [-0.25, -0.2) is 0 Å². The van der Waals surface area contributed by atoms with Crippen molar-refractivity contribution < 1.29 is 19.4 Å². The summed E-state index contributed by atoms with van der Waals surface area (Å²) in [6.45, 7) is 3.84. The molecule has 25 heavy (non-hydrogen) atoms. The number of carbonyl (C=O) groups is 2. The van der Waals surface area contributed by atoms with Crippen LogP contribution in [0.2, 0.25) is 0 Å². The first-order valence-corrected chi connectivity index (χ1v) is 9.91. The third kappa shape index (κ3) is 2.43. The van der Waals surface area contributed by atoms with Gasteiger partial charge in [-0.05, 0) is 56.3 Å². The number of aliphatic hydroxyl groups is 1. The van der Waals surface area contributed by atoms with Crippen LogP contribution in [0, 0.1) is 28.6 Å². The number of esters is 1. The first-order chi connectivity index (χ1) is 11.9.